The van der Waals surface area contributed by atoms with Gasteiger partial charge in [-0.3, -0.25) is 4.79 Å². The van der Waals surface area contributed by atoms with Crippen LogP contribution in [0.5, 0.6) is 11.5 Å². The SMILES string of the molecule is CCC(C)(C)NC(=O)C(C)Oc1ccc(OC)cc1Br. The molecule has 0 aliphatic rings. The highest BCUT2D eigenvalue weighted by Gasteiger charge is 2.23. The normalized spacial score (nSPS) is 12.7. The molecule has 1 aromatic rings. The van der Waals surface area contributed by atoms with Gasteiger partial charge in [-0.15, -0.1) is 0 Å². The first-order valence-corrected chi connectivity index (χ1v) is 7.40. The highest BCUT2D eigenvalue weighted by Crippen LogP contribution is 2.29. The molecule has 0 heterocycles. The lowest BCUT2D eigenvalue weighted by molar-refractivity contribution is -0.129. The number of methoxy groups -OCH3 is 1. The zero-order valence-electron chi connectivity index (χ0n) is 12.6. The van der Waals surface area contributed by atoms with Crippen LogP contribution in [0.15, 0.2) is 22.7 Å². The molecular formula is C15H22BrNO3. The van der Waals surface area contributed by atoms with Crippen LogP contribution in [-0.2, 0) is 4.79 Å². The summed E-state index contributed by atoms with van der Waals surface area (Å²) in [6, 6.07) is 5.37. The van der Waals surface area contributed by atoms with Crippen LogP contribution in [0.2, 0.25) is 0 Å². The molecule has 4 nitrogen and oxygen atoms in total. The van der Waals surface area contributed by atoms with Crippen LogP contribution in [0.4, 0.5) is 0 Å². The van der Waals surface area contributed by atoms with Crippen LogP contribution in [0.25, 0.3) is 0 Å². The Hall–Kier alpha value is -1.23. The molecule has 20 heavy (non-hydrogen) atoms. The van der Waals surface area contributed by atoms with Crippen molar-refractivity contribution in [3.63, 3.8) is 0 Å². The molecule has 0 aromatic heterocycles. The average Bonchev–Trinajstić information content (AvgIpc) is 2.40. The largest absolute Gasteiger partial charge is 0.497 e. The first-order chi connectivity index (χ1) is 9.29. The summed E-state index contributed by atoms with van der Waals surface area (Å²) in [6.07, 6.45) is 0.294. The number of nitrogens with one attached hydrogen (secondary N) is 1. The van der Waals surface area contributed by atoms with Crippen LogP contribution in [-0.4, -0.2) is 24.7 Å². The summed E-state index contributed by atoms with van der Waals surface area (Å²) in [7, 11) is 1.60. The van der Waals surface area contributed by atoms with Crippen molar-refractivity contribution >= 4 is 21.8 Å². The van der Waals surface area contributed by atoms with Crippen LogP contribution in [0.3, 0.4) is 0 Å². The summed E-state index contributed by atoms with van der Waals surface area (Å²) >= 11 is 3.40. The summed E-state index contributed by atoms with van der Waals surface area (Å²) in [4.78, 5) is 12.1. The first-order valence-electron chi connectivity index (χ1n) is 6.61. The van der Waals surface area contributed by atoms with E-state index in [0.717, 1.165) is 16.6 Å². The lowest BCUT2D eigenvalue weighted by atomic mass is 10.0. The Kier molecular flexibility index (Phi) is 5.87. The molecule has 0 saturated carbocycles. The summed E-state index contributed by atoms with van der Waals surface area (Å²) < 4.78 is 11.6. The highest BCUT2D eigenvalue weighted by molar-refractivity contribution is 9.10. The lowest BCUT2D eigenvalue weighted by Gasteiger charge is -2.26. The number of amides is 1. The van der Waals surface area contributed by atoms with Crippen molar-refractivity contribution in [1.29, 1.82) is 0 Å². The zero-order chi connectivity index (χ0) is 15.3. The van der Waals surface area contributed by atoms with E-state index in [9.17, 15) is 4.79 Å². The second-order valence-corrected chi connectivity index (χ2v) is 6.14. The Labute approximate surface area is 129 Å². The van der Waals surface area contributed by atoms with Crippen LogP contribution in [0, 0.1) is 0 Å². The number of carbonyl (C=O) groups is 1. The predicted molar refractivity (Wildman–Crippen MR) is 83.3 cm³/mol. The maximum atomic E-state index is 12.1. The van der Waals surface area contributed by atoms with Crippen molar-refractivity contribution in [2.45, 2.75) is 45.8 Å². The molecule has 0 saturated heterocycles. The van der Waals surface area contributed by atoms with Gasteiger partial charge in [-0.1, -0.05) is 6.92 Å². The van der Waals surface area contributed by atoms with Gasteiger partial charge in [0.1, 0.15) is 11.5 Å². The van der Waals surface area contributed by atoms with E-state index in [1.54, 1.807) is 32.2 Å². The first kappa shape index (κ1) is 16.8. The van der Waals surface area contributed by atoms with E-state index in [0.29, 0.717) is 5.75 Å². The molecule has 0 spiro atoms. The molecule has 1 aromatic carbocycles. The Morgan fingerprint density at radius 2 is 2.10 bits per heavy atom. The highest BCUT2D eigenvalue weighted by atomic mass is 79.9. The third kappa shape index (κ3) is 4.71. The number of hydrogen-bond acceptors (Lipinski definition) is 3. The number of hydrogen-bond donors (Lipinski definition) is 1. The number of benzene rings is 1. The van der Waals surface area contributed by atoms with Crippen molar-refractivity contribution in [3.8, 4) is 11.5 Å². The van der Waals surface area contributed by atoms with Gasteiger partial charge in [0.25, 0.3) is 5.91 Å². The van der Waals surface area contributed by atoms with Gasteiger partial charge >= 0.3 is 0 Å². The minimum absolute atomic E-state index is 0.125. The number of ether oxygens (including phenoxy) is 2. The Bertz CT molecular complexity index is 474. The maximum Gasteiger partial charge on any atom is 0.261 e. The summed E-state index contributed by atoms with van der Waals surface area (Å²) in [5, 5.41) is 2.96. The predicted octanol–water partition coefficient (Wildman–Crippen LogP) is 3.53. The van der Waals surface area contributed by atoms with E-state index in [1.807, 2.05) is 20.8 Å². The minimum Gasteiger partial charge on any atom is -0.497 e. The van der Waals surface area contributed by atoms with Gasteiger partial charge in [-0.2, -0.15) is 0 Å². The lowest BCUT2D eigenvalue weighted by Crippen LogP contribution is -2.48. The molecule has 0 bridgehead atoms. The second-order valence-electron chi connectivity index (χ2n) is 5.28. The van der Waals surface area contributed by atoms with E-state index in [4.69, 9.17) is 9.47 Å². The van der Waals surface area contributed by atoms with Crippen molar-refractivity contribution in [3.05, 3.63) is 22.7 Å². The van der Waals surface area contributed by atoms with Gasteiger partial charge in [0.2, 0.25) is 0 Å². The van der Waals surface area contributed by atoms with Gasteiger partial charge in [0.15, 0.2) is 6.10 Å². The van der Waals surface area contributed by atoms with E-state index in [-0.39, 0.29) is 11.4 Å². The molecule has 112 valence electrons. The Balaban J connectivity index is 2.71. The van der Waals surface area contributed by atoms with Gasteiger partial charge < -0.3 is 14.8 Å². The zero-order valence-corrected chi connectivity index (χ0v) is 14.2. The van der Waals surface area contributed by atoms with Crippen molar-refractivity contribution < 1.29 is 14.3 Å². The standard InChI is InChI=1S/C15H22BrNO3/c1-6-15(3,4)17-14(18)10(2)20-13-8-7-11(19-5)9-12(13)16/h7-10H,6H2,1-5H3,(H,17,18). The van der Waals surface area contributed by atoms with Crippen LogP contribution >= 0.6 is 15.9 Å². The molecule has 0 fully saturated rings. The van der Waals surface area contributed by atoms with Crippen LogP contribution in [0.1, 0.15) is 34.1 Å². The van der Waals surface area contributed by atoms with E-state index >= 15 is 0 Å². The summed E-state index contributed by atoms with van der Waals surface area (Å²) in [6.45, 7) is 7.74. The molecule has 1 N–H and O–H groups in total. The number of carbonyl (C=O) groups excluding carboxylic acids is 1. The van der Waals surface area contributed by atoms with Crippen molar-refractivity contribution in [2.75, 3.05) is 7.11 Å². The van der Waals surface area contributed by atoms with Gasteiger partial charge in [-0.05, 0) is 61.3 Å². The van der Waals surface area contributed by atoms with Crippen LogP contribution < -0.4 is 14.8 Å². The van der Waals surface area contributed by atoms with Gasteiger partial charge in [-0.25, -0.2) is 0 Å². The molecule has 1 unspecified atom stereocenters. The molecule has 0 radical (unpaired) electrons. The molecule has 1 rings (SSSR count). The summed E-state index contributed by atoms with van der Waals surface area (Å²) in [5.41, 5.74) is -0.230. The third-order valence-corrected chi connectivity index (χ3v) is 3.78. The number of rotatable bonds is 6. The Morgan fingerprint density at radius 3 is 2.60 bits per heavy atom. The average molecular weight is 344 g/mol. The van der Waals surface area contributed by atoms with Gasteiger partial charge in [0, 0.05) is 5.54 Å². The number of halogens is 1. The van der Waals surface area contributed by atoms with E-state index in [1.165, 1.54) is 0 Å². The van der Waals surface area contributed by atoms with E-state index < -0.39 is 6.10 Å². The molecule has 1 amide bonds. The molecule has 1 atom stereocenters. The smallest absolute Gasteiger partial charge is 0.261 e. The van der Waals surface area contributed by atoms with Crippen molar-refractivity contribution in [1.82, 2.24) is 5.32 Å². The van der Waals surface area contributed by atoms with Crippen molar-refractivity contribution in [2.24, 2.45) is 0 Å². The molecule has 0 aliphatic heterocycles. The topological polar surface area (TPSA) is 47.6 Å². The Morgan fingerprint density at radius 1 is 1.45 bits per heavy atom. The monoisotopic (exact) mass is 343 g/mol. The fourth-order valence-corrected chi connectivity index (χ4v) is 1.92. The summed E-state index contributed by atoms with van der Waals surface area (Å²) in [5.74, 6) is 1.22. The molecule has 0 aliphatic carbocycles. The fraction of sp³-hybridized carbons (Fsp3) is 0.533. The van der Waals surface area contributed by atoms with E-state index in [2.05, 4.69) is 21.2 Å². The molecule has 5 heteroatoms. The quantitative estimate of drug-likeness (QED) is 0.859. The van der Waals surface area contributed by atoms with Gasteiger partial charge in [0.05, 0.1) is 11.6 Å². The maximum absolute atomic E-state index is 12.1. The second kappa shape index (κ2) is 6.97. The fourth-order valence-electron chi connectivity index (χ4n) is 1.47. The minimum atomic E-state index is -0.564. The third-order valence-electron chi connectivity index (χ3n) is 3.16. The molecular weight excluding hydrogens is 322 g/mol.